The average molecular weight is 284 g/mol. The fourth-order valence-corrected chi connectivity index (χ4v) is 2.69. The number of hydrogen-bond acceptors (Lipinski definition) is 4. The molecule has 1 unspecified atom stereocenters. The number of aliphatic hydroxyl groups is 1. The highest BCUT2D eigenvalue weighted by atomic mass is 16.5. The quantitative estimate of drug-likeness (QED) is 0.914. The Kier molecular flexibility index (Phi) is 4.48. The van der Waals surface area contributed by atoms with E-state index in [1.165, 1.54) is 5.56 Å². The lowest BCUT2D eigenvalue weighted by molar-refractivity contribution is 0.197. The Morgan fingerprint density at radius 1 is 1.24 bits per heavy atom. The summed E-state index contributed by atoms with van der Waals surface area (Å²) in [5, 5.41) is 9.10. The maximum atomic E-state index is 9.10. The molecule has 1 aromatic heterocycles. The summed E-state index contributed by atoms with van der Waals surface area (Å²) in [5.41, 5.74) is 1.98. The third-order valence-electron chi connectivity index (χ3n) is 3.73. The van der Waals surface area contributed by atoms with Gasteiger partial charge >= 0.3 is 0 Å². The van der Waals surface area contributed by atoms with Gasteiger partial charge in [0.25, 0.3) is 0 Å². The van der Waals surface area contributed by atoms with Gasteiger partial charge in [-0.25, -0.2) is 0 Å². The van der Waals surface area contributed by atoms with Gasteiger partial charge in [0.05, 0.1) is 12.3 Å². The van der Waals surface area contributed by atoms with E-state index in [1.807, 2.05) is 12.1 Å². The first-order chi connectivity index (χ1) is 10.3. The summed E-state index contributed by atoms with van der Waals surface area (Å²) in [6, 6.07) is 14.2. The lowest BCUT2D eigenvalue weighted by Gasteiger charge is -2.17. The molecule has 0 spiro atoms. The number of likely N-dealkylation sites (tertiary alicyclic amines) is 1. The fourth-order valence-electron chi connectivity index (χ4n) is 2.69. The van der Waals surface area contributed by atoms with E-state index in [9.17, 15) is 0 Å². The minimum absolute atomic E-state index is 0.0536. The minimum Gasteiger partial charge on any atom is -0.489 e. The van der Waals surface area contributed by atoms with Crippen LogP contribution in [0.5, 0.6) is 5.75 Å². The van der Waals surface area contributed by atoms with Crippen LogP contribution in [0.2, 0.25) is 0 Å². The largest absolute Gasteiger partial charge is 0.489 e. The van der Waals surface area contributed by atoms with Crippen molar-refractivity contribution in [3.05, 3.63) is 59.9 Å². The smallest absolute Gasteiger partial charge is 0.123 e. The van der Waals surface area contributed by atoms with Crippen molar-refractivity contribution in [1.82, 2.24) is 9.88 Å². The molecule has 4 nitrogen and oxygen atoms in total. The summed E-state index contributed by atoms with van der Waals surface area (Å²) in [6.45, 7) is 2.91. The van der Waals surface area contributed by atoms with E-state index in [2.05, 4.69) is 34.1 Å². The number of rotatable bonds is 5. The first-order valence-corrected chi connectivity index (χ1v) is 7.32. The van der Waals surface area contributed by atoms with Crippen LogP contribution >= 0.6 is 0 Å². The molecule has 21 heavy (non-hydrogen) atoms. The highest BCUT2D eigenvalue weighted by Crippen LogP contribution is 2.20. The lowest BCUT2D eigenvalue weighted by Crippen LogP contribution is -2.24. The molecule has 1 aliphatic heterocycles. The van der Waals surface area contributed by atoms with E-state index in [1.54, 1.807) is 12.3 Å². The maximum absolute atomic E-state index is 9.10. The topological polar surface area (TPSA) is 45.6 Å². The Labute approximate surface area is 125 Å². The van der Waals surface area contributed by atoms with Crippen LogP contribution in [0.15, 0.2) is 48.7 Å². The number of ether oxygens (including phenoxy) is 1. The van der Waals surface area contributed by atoms with Gasteiger partial charge in [-0.1, -0.05) is 30.3 Å². The third-order valence-corrected chi connectivity index (χ3v) is 3.73. The van der Waals surface area contributed by atoms with E-state index >= 15 is 0 Å². The second-order valence-corrected chi connectivity index (χ2v) is 5.39. The minimum atomic E-state index is -0.0536. The molecule has 0 amide bonds. The standard InChI is InChI=1S/C17H20N2O2/c20-13-15-10-16(6-8-18-15)21-17-7-9-19(12-17)11-14-4-2-1-3-5-14/h1-6,8,10,17,20H,7,9,11-13H2. The zero-order chi connectivity index (χ0) is 14.5. The van der Waals surface area contributed by atoms with Crippen molar-refractivity contribution >= 4 is 0 Å². The Morgan fingerprint density at radius 2 is 2.10 bits per heavy atom. The molecule has 1 saturated heterocycles. The maximum Gasteiger partial charge on any atom is 0.123 e. The fraction of sp³-hybridized carbons (Fsp3) is 0.353. The second-order valence-electron chi connectivity index (χ2n) is 5.39. The molecule has 110 valence electrons. The first-order valence-electron chi connectivity index (χ1n) is 7.32. The van der Waals surface area contributed by atoms with Crippen LogP contribution in [0.3, 0.4) is 0 Å². The van der Waals surface area contributed by atoms with Gasteiger partial charge in [0.15, 0.2) is 0 Å². The number of aromatic nitrogens is 1. The Bertz CT molecular complexity index is 574. The van der Waals surface area contributed by atoms with Gasteiger partial charge < -0.3 is 9.84 Å². The van der Waals surface area contributed by atoms with Crippen LogP contribution in [0.4, 0.5) is 0 Å². The molecular formula is C17H20N2O2. The molecule has 0 bridgehead atoms. The van der Waals surface area contributed by atoms with Crippen molar-refractivity contribution in [2.24, 2.45) is 0 Å². The average Bonchev–Trinajstić information content (AvgIpc) is 2.95. The molecule has 2 aromatic rings. The Hall–Kier alpha value is -1.91. The Balaban J connectivity index is 1.54. The van der Waals surface area contributed by atoms with Crippen LogP contribution in [0.1, 0.15) is 17.7 Å². The highest BCUT2D eigenvalue weighted by Gasteiger charge is 2.23. The van der Waals surface area contributed by atoms with Crippen molar-refractivity contribution in [2.45, 2.75) is 25.7 Å². The van der Waals surface area contributed by atoms with Crippen LogP contribution < -0.4 is 4.74 Å². The van der Waals surface area contributed by atoms with Gasteiger partial charge in [-0.2, -0.15) is 0 Å². The van der Waals surface area contributed by atoms with Crippen molar-refractivity contribution < 1.29 is 9.84 Å². The molecule has 1 atom stereocenters. The van der Waals surface area contributed by atoms with Crippen molar-refractivity contribution in [3.8, 4) is 5.75 Å². The number of nitrogens with zero attached hydrogens (tertiary/aromatic N) is 2. The van der Waals surface area contributed by atoms with Crippen molar-refractivity contribution in [1.29, 1.82) is 0 Å². The molecule has 0 saturated carbocycles. The van der Waals surface area contributed by atoms with Gasteiger partial charge in [-0.15, -0.1) is 0 Å². The second kappa shape index (κ2) is 6.70. The molecule has 1 fully saturated rings. The zero-order valence-electron chi connectivity index (χ0n) is 12.0. The lowest BCUT2D eigenvalue weighted by atomic mass is 10.2. The summed E-state index contributed by atoms with van der Waals surface area (Å²) < 4.78 is 5.99. The molecule has 1 N–H and O–H groups in total. The van der Waals surface area contributed by atoms with Gasteiger partial charge in [-0.05, 0) is 18.1 Å². The van der Waals surface area contributed by atoms with E-state index in [0.717, 1.165) is 31.8 Å². The third kappa shape index (κ3) is 3.80. The van der Waals surface area contributed by atoms with Crippen LogP contribution in [-0.4, -0.2) is 34.2 Å². The number of pyridine rings is 1. The summed E-state index contributed by atoms with van der Waals surface area (Å²) in [7, 11) is 0. The van der Waals surface area contributed by atoms with Gasteiger partial charge in [-0.3, -0.25) is 9.88 Å². The van der Waals surface area contributed by atoms with E-state index in [-0.39, 0.29) is 12.7 Å². The SMILES string of the molecule is OCc1cc(OC2CCN(Cc3ccccc3)C2)ccn1. The predicted octanol–water partition coefficient (Wildman–Crippen LogP) is 2.23. The molecule has 0 radical (unpaired) electrons. The summed E-state index contributed by atoms with van der Waals surface area (Å²) in [4.78, 5) is 6.47. The van der Waals surface area contributed by atoms with Crippen molar-refractivity contribution in [2.75, 3.05) is 13.1 Å². The van der Waals surface area contributed by atoms with E-state index in [0.29, 0.717) is 5.69 Å². The molecule has 1 aromatic carbocycles. The first kappa shape index (κ1) is 14.0. The number of aliphatic hydroxyl groups excluding tert-OH is 1. The van der Waals surface area contributed by atoms with Crippen molar-refractivity contribution in [3.63, 3.8) is 0 Å². The van der Waals surface area contributed by atoms with Crippen LogP contribution in [0.25, 0.3) is 0 Å². The summed E-state index contributed by atoms with van der Waals surface area (Å²) in [5.74, 6) is 0.792. The molecule has 3 rings (SSSR count). The summed E-state index contributed by atoms with van der Waals surface area (Å²) >= 11 is 0. The van der Waals surface area contributed by atoms with E-state index < -0.39 is 0 Å². The normalized spacial score (nSPS) is 18.8. The highest BCUT2D eigenvalue weighted by molar-refractivity contribution is 5.22. The molecule has 2 heterocycles. The molecule has 0 aliphatic carbocycles. The van der Waals surface area contributed by atoms with Gasteiger partial charge in [0.1, 0.15) is 11.9 Å². The van der Waals surface area contributed by atoms with Gasteiger partial charge in [0, 0.05) is 31.9 Å². The molecular weight excluding hydrogens is 264 g/mol. The van der Waals surface area contributed by atoms with E-state index in [4.69, 9.17) is 9.84 Å². The monoisotopic (exact) mass is 284 g/mol. The predicted molar refractivity (Wildman–Crippen MR) is 80.9 cm³/mol. The summed E-state index contributed by atoms with van der Waals surface area (Å²) in [6.07, 6.45) is 2.92. The Morgan fingerprint density at radius 3 is 2.90 bits per heavy atom. The number of hydrogen-bond donors (Lipinski definition) is 1. The molecule has 4 heteroatoms. The number of benzene rings is 1. The van der Waals surface area contributed by atoms with Crippen LogP contribution in [0, 0.1) is 0 Å². The molecule has 1 aliphatic rings. The van der Waals surface area contributed by atoms with Gasteiger partial charge in [0.2, 0.25) is 0 Å². The zero-order valence-corrected chi connectivity index (χ0v) is 12.0. The van der Waals surface area contributed by atoms with Crippen LogP contribution in [-0.2, 0) is 13.2 Å².